The molecule has 1 aliphatic rings. The van der Waals surface area contributed by atoms with Crippen LogP contribution in [0.5, 0.6) is 0 Å². The third-order valence-corrected chi connectivity index (χ3v) is 6.80. The third-order valence-electron chi connectivity index (χ3n) is 5.51. The number of hydrogen-bond acceptors (Lipinski definition) is 6. The molecular weight excluding hydrogens is 458 g/mol. The van der Waals surface area contributed by atoms with Gasteiger partial charge in [-0.2, -0.15) is 0 Å². The van der Waals surface area contributed by atoms with Crippen LogP contribution in [-0.2, 0) is 9.53 Å². The van der Waals surface area contributed by atoms with Crippen molar-refractivity contribution in [2.45, 2.75) is 13.0 Å². The predicted octanol–water partition coefficient (Wildman–Crippen LogP) is 3.61. The molecule has 0 N–H and O–H groups in total. The standard InChI is InChI=1S/C25H18ClN3O3S/c1-14-21(24(31)32-2)22(15-8-4-3-5-9-15)29-23(30)20(33-25(29)27-14)13-16-12-18(26)17-10-6-7-11-19(17)28-16/h3-13,22H,1-2H3. The third kappa shape index (κ3) is 3.69. The molecule has 0 amide bonds. The number of benzene rings is 2. The smallest absolute Gasteiger partial charge is 0.338 e. The van der Waals surface area contributed by atoms with Gasteiger partial charge < -0.3 is 4.74 Å². The number of allylic oxidation sites excluding steroid dienone is 1. The Labute approximate surface area is 197 Å². The van der Waals surface area contributed by atoms with E-state index in [0.717, 1.165) is 16.5 Å². The Bertz CT molecular complexity index is 1620. The second kappa shape index (κ2) is 8.42. The predicted molar refractivity (Wildman–Crippen MR) is 129 cm³/mol. The summed E-state index contributed by atoms with van der Waals surface area (Å²) in [6.45, 7) is 1.75. The molecule has 0 radical (unpaired) electrons. The van der Waals surface area contributed by atoms with E-state index in [0.29, 0.717) is 31.3 Å². The molecule has 1 aliphatic heterocycles. The molecule has 0 bridgehead atoms. The van der Waals surface area contributed by atoms with Crippen LogP contribution in [0.1, 0.15) is 24.2 Å². The van der Waals surface area contributed by atoms with Crippen LogP contribution in [0.3, 0.4) is 0 Å². The summed E-state index contributed by atoms with van der Waals surface area (Å²) < 4.78 is 7.02. The molecule has 1 atom stereocenters. The number of carbonyl (C=O) groups excluding carboxylic acids is 1. The van der Waals surface area contributed by atoms with Crippen LogP contribution in [0.15, 0.2) is 81.7 Å². The molecule has 0 saturated heterocycles. The number of aromatic nitrogens is 2. The molecule has 6 nitrogen and oxygen atoms in total. The van der Waals surface area contributed by atoms with Gasteiger partial charge in [-0.3, -0.25) is 9.36 Å². The number of methoxy groups -OCH3 is 1. The van der Waals surface area contributed by atoms with Crippen molar-refractivity contribution in [3.8, 4) is 0 Å². The van der Waals surface area contributed by atoms with Crippen molar-refractivity contribution in [3.05, 3.63) is 108 Å². The fourth-order valence-corrected chi connectivity index (χ4v) is 5.31. The van der Waals surface area contributed by atoms with E-state index in [2.05, 4.69) is 9.98 Å². The van der Waals surface area contributed by atoms with Gasteiger partial charge in [0.2, 0.25) is 0 Å². The van der Waals surface area contributed by atoms with Gasteiger partial charge >= 0.3 is 5.97 Å². The zero-order chi connectivity index (χ0) is 23.1. The highest BCUT2D eigenvalue weighted by atomic mass is 35.5. The van der Waals surface area contributed by atoms with Gasteiger partial charge in [-0.15, -0.1) is 0 Å². The summed E-state index contributed by atoms with van der Waals surface area (Å²) in [5, 5.41) is 1.41. The number of halogens is 1. The van der Waals surface area contributed by atoms with E-state index < -0.39 is 12.0 Å². The second-order valence-corrected chi connectivity index (χ2v) is 8.95. The quantitative estimate of drug-likeness (QED) is 0.424. The topological polar surface area (TPSA) is 73.6 Å². The summed E-state index contributed by atoms with van der Waals surface area (Å²) in [6, 6.07) is 18.1. The van der Waals surface area contributed by atoms with Crippen LogP contribution in [0.4, 0.5) is 0 Å². The Kier molecular flexibility index (Phi) is 5.44. The molecule has 0 aliphatic carbocycles. The van der Waals surface area contributed by atoms with Crippen molar-refractivity contribution >= 4 is 45.9 Å². The normalized spacial score (nSPS) is 16.0. The van der Waals surface area contributed by atoms with Gasteiger partial charge in [0.25, 0.3) is 5.56 Å². The summed E-state index contributed by atoms with van der Waals surface area (Å²) in [6.07, 6.45) is 1.71. The molecule has 5 rings (SSSR count). The number of rotatable bonds is 3. The molecule has 8 heteroatoms. The second-order valence-electron chi connectivity index (χ2n) is 7.53. The number of thiazole rings is 1. The average Bonchev–Trinajstić information content (AvgIpc) is 3.12. The first-order valence-corrected chi connectivity index (χ1v) is 11.4. The number of esters is 1. The summed E-state index contributed by atoms with van der Waals surface area (Å²) in [4.78, 5) is 35.9. The molecule has 2 aromatic heterocycles. The summed E-state index contributed by atoms with van der Waals surface area (Å²) in [5.41, 5.74) is 2.73. The fraction of sp³-hybridized carbons (Fsp3) is 0.120. The van der Waals surface area contributed by atoms with E-state index in [1.54, 1.807) is 23.6 Å². The number of carbonyl (C=O) groups is 1. The Balaban J connectivity index is 1.74. The van der Waals surface area contributed by atoms with Crippen LogP contribution in [0, 0.1) is 0 Å². The van der Waals surface area contributed by atoms with Crippen molar-refractivity contribution < 1.29 is 9.53 Å². The van der Waals surface area contributed by atoms with Gasteiger partial charge in [0.15, 0.2) is 4.80 Å². The van der Waals surface area contributed by atoms with Gasteiger partial charge in [-0.1, -0.05) is 71.5 Å². The van der Waals surface area contributed by atoms with Crippen LogP contribution in [-0.4, -0.2) is 22.6 Å². The van der Waals surface area contributed by atoms with Crippen LogP contribution in [0.25, 0.3) is 17.0 Å². The maximum Gasteiger partial charge on any atom is 0.338 e. The lowest BCUT2D eigenvalue weighted by Gasteiger charge is -2.24. The molecule has 164 valence electrons. The van der Waals surface area contributed by atoms with Crippen molar-refractivity contribution in [1.82, 2.24) is 9.55 Å². The minimum Gasteiger partial charge on any atom is -0.466 e. The zero-order valence-electron chi connectivity index (χ0n) is 17.8. The molecular formula is C25H18ClN3O3S. The largest absolute Gasteiger partial charge is 0.466 e. The van der Waals surface area contributed by atoms with E-state index >= 15 is 0 Å². The molecule has 1 unspecified atom stereocenters. The van der Waals surface area contributed by atoms with E-state index in [9.17, 15) is 9.59 Å². The summed E-state index contributed by atoms with van der Waals surface area (Å²) in [7, 11) is 1.32. The van der Waals surface area contributed by atoms with Crippen LogP contribution >= 0.6 is 22.9 Å². The highest BCUT2D eigenvalue weighted by molar-refractivity contribution is 7.07. The van der Waals surface area contributed by atoms with Crippen molar-refractivity contribution in [3.63, 3.8) is 0 Å². The molecule has 3 heterocycles. The average molecular weight is 476 g/mol. The Morgan fingerprint density at radius 1 is 1.15 bits per heavy atom. The van der Waals surface area contributed by atoms with E-state index in [-0.39, 0.29) is 5.56 Å². The molecule has 4 aromatic rings. The first-order valence-electron chi connectivity index (χ1n) is 10.2. The minimum atomic E-state index is -0.634. The van der Waals surface area contributed by atoms with Crippen molar-refractivity contribution in [1.29, 1.82) is 0 Å². The minimum absolute atomic E-state index is 0.257. The van der Waals surface area contributed by atoms with Gasteiger partial charge in [0.05, 0.1) is 45.2 Å². The van der Waals surface area contributed by atoms with Gasteiger partial charge in [-0.05, 0) is 30.7 Å². The summed E-state index contributed by atoms with van der Waals surface area (Å²) in [5.74, 6) is -0.512. The molecule has 0 fully saturated rings. The van der Waals surface area contributed by atoms with E-state index in [1.807, 2.05) is 54.6 Å². The lowest BCUT2D eigenvalue weighted by Crippen LogP contribution is -2.39. The highest BCUT2D eigenvalue weighted by Gasteiger charge is 2.32. The van der Waals surface area contributed by atoms with E-state index in [4.69, 9.17) is 16.3 Å². The van der Waals surface area contributed by atoms with Crippen LogP contribution < -0.4 is 14.9 Å². The maximum absolute atomic E-state index is 13.6. The number of pyridine rings is 1. The Hall–Kier alpha value is -3.55. The number of nitrogens with zero attached hydrogens (tertiary/aromatic N) is 3. The molecule has 2 aromatic carbocycles. The summed E-state index contributed by atoms with van der Waals surface area (Å²) >= 11 is 7.70. The zero-order valence-corrected chi connectivity index (χ0v) is 19.4. The number of para-hydroxylation sites is 1. The van der Waals surface area contributed by atoms with Gasteiger partial charge in [0, 0.05) is 5.39 Å². The van der Waals surface area contributed by atoms with Gasteiger partial charge in [-0.25, -0.2) is 14.8 Å². The van der Waals surface area contributed by atoms with Crippen LogP contribution in [0.2, 0.25) is 5.02 Å². The van der Waals surface area contributed by atoms with Crippen molar-refractivity contribution in [2.75, 3.05) is 7.11 Å². The SMILES string of the molecule is COC(=O)C1=C(C)N=c2sc(=Cc3cc(Cl)c4ccccc4n3)c(=O)n2C1c1ccccc1. The maximum atomic E-state index is 13.6. The lowest BCUT2D eigenvalue weighted by molar-refractivity contribution is -0.136. The van der Waals surface area contributed by atoms with Gasteiger partial charge in [0.1, 0.15) is 0 Å². The first-order chi connectivity index (χ1) is 16.0. The first kappa shape index (κ1) is 21.3. The Morgan fingerprint density at radius 3 is 2.64 bits per heavy atom. The Morgan fingerprint density at radius 2 is 1.88 bits per heavy atom. The van der Waals surface area contributed by atoms with E-state index in [1.165, 1.54) is 18.4 Å². The highest BCUT2D eigenvalue weighted by Crippen LogP contribution is 2.30. The van der Waals surface area contributed by atoms with Crippen molar-refractivity contribution in [2.24, 2.45) is 4.99 Å². The monoisotopic (exact) mass is 475 g/mol. The lowest BCUT2D eigenvalue weighted by atomic mass is 9.96. The number of fused-ring (bicyclic) bond motifs is 2. The fourth-order valence-electron chi connectivity index (χ4n) is 4.00. The number of hydrogen-bond donors (Lipinski definition) is 0. The molecule has 0 saturated carbocycles. The number of ether oxygens (including phenoxy) is 1. The molecule has 0 spiro atoms. The molecule has 33 heavy (non-hydrogen) atoms.